The lowest BCUT2D eigenvalue weighted by atomic mass is 10.0. The first kappa shape index (κ1) is 10.2. The molecule has 2 N–H and O–H groups in total. The zero-order chi connectivity index (χ0) is 9.90. The predicted molar refractivity (Wildman–Crippen MR) is 59.6 cm³/mol. The minimum absolute atomic E-state index is 0.249. The molecule has 72 valence electrons. The fourth-order valence-electron chi connectivity index (χ4n) is 1.56. The van der Waals surface area contributed by atoms with Crippen molar-refractivity contribution in [2.24, 2.45) is 10.7 Å². The maximum atomic E-state index is 5.63. The van der Waals surface area contributed by atoms with E-state index < -0.39 is 0 Å². The van der Waals surface area contributed by atoms with Gasteiger partial charge in [-0.05, 0) is 31.1 Å². The molecule has 1 heterocycles. The molecule has 0 saturated carbocycles. The number of rotatable bonds is 2. The van der Waals surface area contributed by atoms with Crippen molar-refractivity contribution < 1.29 is 0 Å². The summed E-state index contributed by atoms with van der Waals surface area (Å²) in [4.78, 5) is 6.31. The van der Waals surface area contributed by atoms with Gasteiger partial charge in [0.1, 0.15) is 5.66 Å². The highest BCUT2D eigenvalue weighted by Crippen LogP contribution is 2.27. The molecule has 0 aromatic heterocycles. The maximum Gasteiger partial charge on any atom is 0.172 e. The average Bonchev–Trinajstić information content (AvgIpc) is 2.17. The third-order valence-corrected chi connectivity index (χ3v) is 2.65. The van der Waals surface area contributed by atoms with Gasteiger partial charge in [-0.15, -0.1) is 0 Å². The van der Waals surface area contributed by atoms with Crippen LogP contribution in [0.3, 0.4) is 0 Å². The summed E-state index contributed by atoms with van der Waals surface area (Å²) in [5.41, 5.74) is 5.38. The number of hydrogen-bond acceptors (Lipinski definition) is 2. The van der Waals surface area contributed by atoms with Crippen LogP contribution in [0.5, 0.6) is 0 Å². The number of allylic oxidation sites excluding steroid dienone is 1. The SMILES string of the molecule is CCC1(CC)N=CC=CN1C(N)=S. The zero-order valence-corrected chi connectivity index (χ0v) is 8.84. The van der Waals surface area contributed by atoms with Crippen LogP contribution in [-0.4, -0.2) is 21.9 Å². The number of hydrogen-bond donors (Lipinski definition) is 1. The summed E-state index contributed by atoms with van der Waals surface area (Å²) in [6.07, 6.45) is 7.36. The van der Waals surface area contributed by atoms with Crippen LogP contribution in [-0.2, 0) is 0 Å². The Hall–Kier alpha value is -0.900. The highest BCUT2D eigenvalue weighted by atomic mass is 32.1. The minimum Gasteiger partial charge on any atom is -0.376 e. The average molecular weight is 197 g/mol. The lowest BCUT2D eigenvalue weighted by Gasteiger charge is -2.39. The lowest BCUT2D eigenvalue weighted by Crippen LogP contribution is -2.50. The van der Waals surface area contributed by atoms with E-state index in [0.717, 1.165) is 12.8 Å². The normalized spacial score (nSPS) is 19.1. The summed E-state index contributed by atoms with van der Waals surface area (Å²) in [6, 6.07) is 0. The van der Waals surface area contributed by atoms with E-state index in [0.29, 0.717) is 5.11 Å². The highest BCUT2D eigenvalue weighted by molar-refractivity contribution is 7.80. The quantitative estimate of drug-likeness (QED) is 0.684. The van der Waals surface area contributed by atoms with Crippen molar-refractivity contribution in [1.82, 2.24) is 4.90 Å². The number of nitrogens with two attached hydrogens (primary N) is 1. The molecule has 0 fully saturated rings. The van der Waals surface area contributed by atoms with E-state index in [1.165, 1.54) is 0 Å². The zero-order valence-electron chi connectivity index (χ0n) is 8.03. The van der Waals surface area contributed by atoms with Gasteiger partial charge in [0.05, 0.1) is 0 Å². The number of aliphatic imine (C=N–C) groups is 1. The van der Waals surface area contributed by atoms with Gasteiger partial charge in [0.15, 0.2) is 5.11 Å². The topological polar surface area (TPSA) is 41.6 Å². The van der Waals surface area contributed by atoms with E-state index >= 15 is 0 Å². The summed E-state index contributed by atoms with van der Waals surface area (Å²) in [6.45, 7) is 4.18. The molecular weight excluding hydrogens is 182 g/mol. The molecule has 0 amide bonds. The Morgan fingerprint density at radius 2 is 2.15 bits per heavy atom. The van der Waals surface area contributed by atoms with E-state index in [-0.39, 0.29) is 5.66 Å². The summed E-state index contributed by atoms with van der Waals surface area (Å²) < 4.78 is 0. The Bertz CT molecular complexity index is 254. The highest BCUT2D eigenvalue weighted by Gasteiger charge is 2.33. The van der Waals surface area contributed by atoms with Crippen LogP contribution in [0.25, 0.3) is 0 Å². The molecular formula is C9H15N3S. The van der Waals surface area contributed by atoms with E-state index in [4.69, 9.17) is 18.0 Å². The first-order valence-corrected chi connectivity index (χ1v) is 4.88. The molecule has 4 heteroatoms. The molecule has 0 aromatic rings. The largest absolute Gasteiger partial charge is 0.376 e. The van der Waals surface area contributed by atoms with Crippen LogP contribution in [0, 0.1) is 0 Å². The van der Waals surface area contributed by atoms with Gasteiger partial charge in [-0.3, -0.25) is 4.99 Å². The molecule has 0 atom stereocenters. The molecule has 0 spiro atoms. The van der Waals surface area contributed by atoms with Crippen molar-refractivity contribution >= 4 is 23.5 Å². The molecule has 0 bridgehead atoms. The van der Waals surface area contributed by atoms with Crippen LogP contribution in [0.15, 0.2) is 17.3 Å². The van der Waals surface area contributed by atoms with Crippen molar-refractivity contribution in [2.45, 2.75) is 32.4 Å². The van der Waals surface area contributed by atoms with Gasteiger partial charge in [0.25, 0.3) is 0 Å². The van der Waals surface area contributed by atoms with Crippen LogP contribution in [0.4, 0.5) is 0 Å². The summed E-state index contributed by atoms with van der Waals surface area (Å²) in [5.74, 6) is 0. The van der Waals surface area contributed by atoms with Crippen molar-refractivity contribution in [1.29, 1.82) is 0 Å². The molecule has 1 aliphatic rings. The Kier molecular flexibility index (Phi) is 3.03. The van der Waals surface area contributed by atoms with Gasteiger partial charge < -0.3 is 10.6 Å². The first-order valence-electron chi connectivity index (χ1n) is 4.47. The molecule has 1 rings (SSSR count). The van der Waals surface area contributed by atoms with Crippen LogP contribution in [0.1, 0.15) is 26.7 Å². The summed E-state index contributed by atoms with van der Waals surface area (Å²) in [5, 5.41) is 0.386. The molecule has 3 nitrogen and oxygen atoms in total. The predicted octanol–water partition coefficient (Wildman–Crippen LogP) is 1.65. The van der Waals surface area contributed by atoms with E-state index in [1.807, 2.05) is 23.4 Å². The Morgan fingerprint density at radius 1 is 1.54 bits per heavy atom. The fraction of sp³-hybridized carbons (Fsp3) is 0.556. The number of thiocarbonyl (C=S) groups is 1. The Labute approximate surface area is 84.3 Å². The second kappa shape index (κ2) is 3.87. The Morgan fingerprint density at radius 3 is 2.54 bits per heavy atom. The molecule has 13 heavy (non-hydrogen) atoms. The second-order valence-electron chi connectivity index (χ2n) is 3.02. The van der Waals surface area contributed by atoms with Gasteiger partial charge in [-0.2, -0.15) is 0 Å². The van der Waals surface area contributed by atoms with Gasteiger partial charge in [-0.25, -0.2) is 0 Å². The first-order chi connectivity index (χ1) is 6.16. The van der Waals surface area contributed by atoms with Crippen molar-refractivity contribution in [3.8, 4) is 0 Å². The van der Waals surface area contributed by atoms with E-state index in [9.17, 15) is 0 Å². The summed E-state index contributed by atoms with van der Waals surface area (Å²) >= 11 is 4.98. The smallest absolute Gasteiger partial charge is 0.172 e. The lowest BCUT2D eigenvalue weighted by molar-refractivity contribution is 0.221. The molecule has 1 aliphatic heterocycles. The number of nitrogens with zero attached hydrogens (tertiary/aromatic N) is 2. The van der Waals surface area contributed by atoms with E-state index in [2.05, 4.69) is 18.8 Å². The standard InChI is InChI=1S/C9H15N3S/c1-3-9(4-2)11-6-5-7-12(9)8(10)13/h5-7H,3-4H2,1-2H3,(H2,10,13). The van der Waals surface area contributed by atoms with Crippen LogP contribution < -0.4 is 5.73 Å². The van der Waals surface area contributed by atoms with E-state index in [1.54, 1.807) is 0 Å². The van der Waals surface area contributed by atoms with Gasteiger partial charge in [0.2, 0.25) is 0 Å². The Balaban J connectivity index is 2.98. The minimum atomic E-state index is -0.249. The molecule has 0 radical (unpaired) electrons. The third-order valence-electron chi connectivity index (χ3n) is 2.45. The fourth-order valence-corrected chi connectivity index (χ4v) is 1.79. The van der Waals surface area contributed by atoms with Gasteiger partial charge in [-0.1, -0.05) is 13.8 Å². The van der Waals surface area contributed by atoms with Crippen molar-refractivity contribution in [2.75, 3.05) is 0 Å². The molecule has 0 aliphatic carbocycles. The van der Waals surface area contributed by atoms with Crippen molar-refractivity contribution in [3.05, 3.63) is 12.3 Å². The van der Waals surface area contributed by atoms with Crippen molar-refractivity contribution in [3.63, 3.8) is 0 Å². The molecule has 0 aromatic carbocycles. The maximum absolute atomic E-state index is 5.63. The second-order valence-corrected chi connectivity index (χ2v) is 3.44. The van der Waals surface area contributed by atoms with Gasteiger partial charge in [0, 0.05) is 12.4 Å². The third kappa shape index (κ3) is 1.72. The molecule has 0 unspecified atom stereocenters. The molecule has 0 saturated heterocycles. The van der Waals surface area contributed by atoms with Crippen LogP contribution in [0.2, 0.25) is 0 Å². The van der Waals surface area contributed by atoms with Crippen LogP contribution >= 0.6 is 12.2 Å². The summed E-state index contributed by atoms with van der Waals surface area (Å²) in [7, 11) is 0. The monoisotopic (exact) mass is 197 g/mol. The van der Waals surface area contributed by atoms with Gasteiger partial charge >= 0.3 is 0 Å².